The molecule has 0 saturated heterocycles. The number of ether oxygens (including phenoxy) is 2. The van der Waals surface area contributed by atoms with Gasteiger partial charge in [0.2, 0.25) is 5.91 Å². The average molecular weight is 261 g/mol. The first kappa shape index (κ1) is 15.5. The van der Waals surface area contributed by atoms with E-state index in [0.717, 1.165) is 0 Å². The van der Waals surface area contributed by atoms with E-state index in [-0.39, 0.29) is 24.9 Å². The van der Waals surface area contributed by atoms with Crippen molar-refractivity contribution in [2.45, 2.75) is 0 Å². The number of hydrogen-bond donors (Lipinski definition) is 2. The first-order chi connectivity index (χ1) is 7.71. The topological polar surface area (TPSA) is 59.6 Å². The predicted molar refractivity (Wildman–Crippen MR) is 69.4 cm³/mol. The molecule has 0 unspecified atom stereocenters. The van der Waals surface area contributed by atoms with Crippen LogP contribution in [-0.4, -0.2) is 33.7 Å². The van der Waals surface area contributed by atoms with Crippen LogP contribution in [-0.2, 0) is 4.79 Å². The summed E-state index contributed by atoms with van der Waals surface area (Å²) in [5.41, 5.74) is 0.628. The Morgan fingerprint density at radius 1 is 1.29 bits per heavy atom. The van der Waals surface area contributed by atoms with Crippen molar-refractivity contribution in [1.82, 2.24) is 5.32 Å². The molecular weight excluding hydrogens is 244 g/mol. The van der Waals surface area contributed by atoms with E-state index < -0.39 is 0 Å². The Kier molecular flexibility index (Phi) is 7.09. The Hall–Kier alpha value is -1.46. The van der Waals surface area contributed by atoms with Crippen LogP contribution < -0.4 is 20.1 Å². The molecule has 0 heterocycles. The molecule has 1 amide bonds. The van der Waals surface area contributed by atoms with Gasteiger partial charge in [-0.1, -0.05) is 0 Å². The van der Waals surface area contributed by atoms with Gasteiger partial charge in [-0.25, -0.2) is 0 Å². The number of halogens is 1. The molecule has 0 aliphatic heterocycles. The number of hydrogen-bond acceptors (Lipinski definition) is 4. The van der Waals surface area contributed by atoms with Gasteiger partial charge in [-0.15, -0.1) is 12.4 Å². The average Bonchev–Trinajstić information content (AvgIpc) is 2.30. The standard InChI is InChI=1S/C11H16N2O3.ClH/c1-12-7-11(14)13-9-5-4-8(15-2)6-10(9)16-3;/h4-6,12H,7H2,1-3H3,(H,13,14);1H. The number of benzene rings is 1. The minimum absolute atomic E-state index is 0. The van der Waals surface area contributed by atoms with E-state index in [2.05, 4.69) is 10.6 Å². The maximum atomic E-state index is 11.4. The van der Waals surface area contributed by atoms with Gasteiger partial charge in [0, 0.05) is 6.07 Å². The quantitative estimate of drug-likeness (QED) is 0.838. The van der Waals surface area contributed by atoms with Crippen molar-refractivity contribution >= 4 is 24.0 Å². The van der Waals surface area contributed by atoms with E-state index in [1.807, 2.05) is 0 Å². The summed E-state index contributed by atoms with van der Waals surface area (Å²) in [5.74, 6) is 1.14. The van der Waals surface area contributed by atoms with Gasteiger partial charge in [-0.2, -0.15) is 0 Å². The fourth-order valence-electron chi connectivity index (χ4n) is 1.26. The Morgan fingerprint density at radius 2 is 2.00 bits per heavy atom. The van der Waals surface area contributed by atoms with Crippen LogP contribution in [0.5, 0.6) is 11.5 Å². The Labute approximate surface area is 107 Å². The number of carbonyl (C=O) groups is 1. The van der Waals surface area contributed by atoms with E-state index in [4.69, 9.17) is 9.47 Å². The molecule has 96 valence electrons. The van der Waals surface area contributed by atoms with E-state index in [0.29, 0.717) is 17.2 Å². The molecule has 0 radical (unpaired) electrons. The number of carbonyl (C=O) groups excluding carboxylic acids is 1. The second-order valence-corrected chi connectivity index (χ2v) is 3.14. The lowest BCUT2D eigenvalue weighted by Crippen LogP contribution is -2.25. The summed E-state index contributed by atoms with van der Waals surface area (Å²) in [6, 6.07) is 5.22. The van der Waals surface area contributed by atoms with Gasteiger partial charge in [0.05, 0.1) is 26.5 Å². The third-order valence-corrected chi connectivity index (χ3v) is 2.02. The van der Waals surface area contributed by atoms with Crippen molar-refractivity contribution in [3.05, 3.63) is 18.2 Å². The molecule has 0 fully saturated rings. The monoisotopic (exact) mass is 260 g/mol. The largest absolute Gasteiger partial charge is 0.497 e. The van der Waals surface area contributed by atoms with Gasteiger partial charge in [-0.05, 0) is 19.2 Å². The van der Waals surface area contributed by atoms with Gasteiger partial charge < -0.3 is 20.1 Å². The Morgan fingerprint density at radius 3 is 2.53 bits per heavy atom. The molecule has 0 spiro atoms. The summed E-state index contributed by atoms with van der Waals surface area (Å²) in [7, 11) is 4.83. The van der Waals surface area contributed by atoms with Crippen molar-refractivity contribution < 1.29 is 14.3 Å². The van der Waals surface area contributed by atoms with Crippen LogP contribution in [0.3, 0.4) is 0 Å². The fourth-order valence-corrected chi connectivity index (χ4v) is 1.26. The zero-order valence-electron chi connectivity index (χ0n) is 10.1. The molecule has 0 aliphatic carbocycles. The molecule has 6 heteroatoms. The Balaban J connectivity index is 0.00000256. The second-order valence-electron chi connectivity index (χ2n) is 3.14. The normalized spacial score (nSPS) is 9.12. The van der Waals surface area contributed by atoms with Crippen LogP contribution in [0, 0.1) is 0 Å². The fraction of sp³-hybridized carbons (Fsp3) is 0.364. The van der Waals surface area contributed by atoms with E-state index >= 15 is 0 Å². The highest BCUT2D eigenvalue weighted by atomic mass is 35.5. The molecule has 0 saturated carbocycles. The highest BCUT2D eigenvalue weighted by Crippen LogP contribution is 2.28. The lowest BCUT2D eigenvalue weighted by atomic mass is 10.2. The highest BCUT2D eigenvalue weighted by molar-refractivity contribution is 5.93. The van der Waals surface area contributed by atoms with Gasteiger partial charge in [0.25, 0.3) is 0 Å². The van der Waals surface area contributed by atoms with Crippen LogP contribution >= 0.6 is 12.4 Å². The van der Waals surface area contributed by atoms with Crippen molar-refractivity contribution in [1.29, 1.82) is 0 Å². The lowest BCUT2D eigenvalue weighted by molar-refractivity contribution is -0.115. The molecular formula is C11H17ClN2O3. The minimum Gasteiger partial charge on any atom is -0.497 e. The first-order valence-corrected chi connectivity index (χ1v) is 4.87. The maximum Gasteiger partial charge on any atom is 0.238 e. The molecule has 0 atom stereocenters. The van der Waals surface area contributed by atoms with Crippen molar-refractivity contribution in [3.63, 3.8) is 0 Å². The highest BCUT2D eigenvalue weighted by Gasteiger charge is 2.07. The summed E-state index contributed by atoms with van der Waals surface area (Å²) in [6.07, 6.45) is 0. The number of nitrogens with one attached hydrogen (secondary N) is 2. The molecule has 1 rings (SSSR count). The third kappa shape index (κ3) is 4.50. The predicted octanol–water partition coefficient (Wildman–Crippen LogP) is 1.28. The van der Waals surface area contributed by atoms with Gasteiger partial charge >= 0.3 is 0 Å². The number of anilines is 1. The number of amides is 1. The third-order valence-electron chi connectivity index (χ3n) is 2.02. The van der Waals surface area contributed by atoms with Crippen molar-refractivity contribution in [2.24, 2.45) is 0 Å². The van der Waals surface area contributed by atoms with Crippen LogP contribution in [0.25, 0.3) is 0 Å². The number of likely N-dealkylation sites (N-methyl/N-ethyl adjacent to an activating group) is 1. The van der Waals surface area contributed by atoms with E-state index in [1.54, 1.807) is 39.5 Å². The van der Waals surface area contributed by atoms with Crippen LogP contribution in [0.4, 0.5) is 5.69 Å². The summed E-state index contributed by atoms with van der Waals surface area (Å²) < 4.78 is 10.2. The lowest BCUT2D eigenvalue weighted by Gasteiger charge is -2.11. The van der Waals surface area contributed by atoms with Crippen LogP contribution in [0.1, 0.15) is 0 Å². The molecule has 2 N–H and O–H groups in total. The summed E-state index contributed by atoms with van der Waals surface area (Å²) in [5, 5.41) is 5.50. The molecule has 1 aromatic carbocycles. The number of rotatable bonds is 5. The zero-order chi connectivity index (χ0) is 12.0. The molecule has 0 bridgehead atoms. The summed E-state index contributed by atoms with van der Waals surface area (Å²) in [6.45, 7) is 0.259. The van der Waals surface area contributed by atoms with E-state index in [1.165, 1.54) is 0 Å². The molecule has 5 nitrogen and oxygen atoms in total. The van der Waals surface area contributed by atoms with Gasteiger partial charge in [0.1, 0.15) is 11.5 Å². The minimum atomic E-state index is -0.119. The Bertz CT molecular complexity index is 372. The maximum absolute atomic E-state index is 11.4. The molecule has 0 aliphatic rings. The van der Waals surface area contributed by atoms with Gasteiger partial charge in [-0.3, -0.25) is 4.79 Å². The second kappa shape index (κ2) is 7.76. The van der Waals surface area contributed by atoms with Crippen LogP contribution in [0.2, 0.25) is 0 Å². The van der Waals surface area contributed by atoms with Gasteiger partial charge in [0.15, 0.2) is 0 Å². The summed E-state index contributed by atoms with van der Waals surface area (Å²) >= 11 is 0. The molecule has 17 heavy (non-hydrogen) atoms. The van der Waals surface area contributed by atoms with E-state index in [9.17, 15) is 4.79 Å². The van der Waals surface area contributed by atoms with Crippen molar-refractivity contribution in [2.75, 3.05) is 33.1 Å². The number of methoxy groups -OCH3 is 2. The van der Waals surface area contributed by atoms with Crippen LogP contribution in [0.15, 0.2) is 18.2 Å². The smallest absolute Gasteiger partial charge is 0.238 e. The first-order valence-electron chi connectivity index (χ1n) is 4.87. The summed E-state index contributed by atoms with van der Waals surface area (Å²) in [4.78, 5) is 11.4. The SMILES string of the molecule is CNCC(=O)Nc1ccc(OC)cc1OC.Cl. The van der Waals surface area contributed by atoms with Crippen molar-refractivity contribution in [3.8, 4) is 11.5 Å². The molecule has 1 aromatic rings. The molecule has 0 aromatic heterocycles. The zero-order valence-corrected chi connectivity index (χ0v) is 10.9.